The summed E-state index contributed by atoms with van der Waals surface area (Å²) in [5, 5.41) is -0.123. The first kappa shape index (κ1) is 22.3. The highest BCUT2D eigenvalue weighted by Gasteiger charge is 2.82. The van der Waals surface area contributed by atoms with Crippen LogP contribution in [0.4, 0.5) is 39.5 Å². The lowest BCUT2D eigenvalue weighted by molar-refractivity contribution is -0.389. The van der Waals surface area contributed by atoms with Crippen LogP contribution >= 0.6 is 11.6 Å². The number of nitrogens with zero attached hydrogens (tertiary/aromatic N) is 1. The Hall–Kier alpha value is -1.97. The highest BCUT2D eigenvalue weighted by atomic mass is 35.5. The number of hydrogen-bond acceptors (Lipinski definition) is 1. The van der Waals surface area contributed by atoms with Gasteiger partial charge in [0.2, 0.25) is 0 Å². The summed E-state index contributed by atoms with van der Waals surface area (Å²) in [6, 6.07) is 4.84. The van der Waals surface area contributed by atoms with Gasteiger partial charge in [0.05, 0.1) is 0 Å². The van der Waals surface area contributed by atoms with Crippen LogP contribution in [-0.2, 0) is 5.67 Å². The summed E-state index contributed by atoms with van der Waals surface area (Å²) in [5.41, 5.74) is -9.65. The van der Waals surface area contributed by atoms with Gasteiger partial charge in [0.15, 0.2) is 0 Å². The normalized spacial score (nSPS) is 15.4. The number of halogens is 10. The largest absolute Gasteiger partial charge is 0.457 e. The summed E-state index contributed by atoms with van der Waals surface area (Å²) >= 11 is 5.56. The zero-order valence-electron chi connectivity index (χ0n) is 14.0. The van der Waals surface area contributed by atoms with E-state index in [2.05, 4.69) is 11.1 Å². The molecule has 0 aliphatic heterocycles. The lowest BCUT2D eigenvalue weighted by atomic mass is 9.80. The maximum absolute atomic E-state index is 15.0. The first-order valence-corrected chi connectivity index (χ1v) is 7.78. The summed E-state index contributed by atoms with van der Waals surface area (Å²) in [4.78, 5) is 3.55. The van der Waals surface area contributed by atoms with Crippen LogP contribution in [0.25, 0.3) is 11.1 Å². The van der Waals surface area contributed by atoms with E-state index in [0.29, 0.717) is 0 Å². The standard InChI is InChI=1S/C17H10ClF9N/c1-8-5-9(2)13(10-3-4-12(18)28-7-10)11(6-8)14(19,16(22,23)24)15(20,21)17(25,26)27/h3-4,6-7H,1-2H3. The van der Waals surface area contributed by atoms with Crippen molar-refractivity contribution < 1.29 is 39.5 Å². The van der Waals surface area contributed by atoms with Gasteiger partial charge in [0, 0.05) is 17.3 Å². The van der Waals surface area contributed by atoms with E-state index in [4.69, 9.17) is 11.6 Å². The molecule has 0 spiro atoms. The minimum Gasteiger partial charge on any atom is -0.244 e. The molecule has 1 aromatic heterocycles. The molecule has 153 valence electrons. The monoisotopic (exact) mass is 434 g/mol. The second-order valence-electron chi connectivity index (χ2n) is 5.96. The second kappa shape index (κ2) is 6.82. The Labute approximate surface area is 158 Å². The fourth-order valence-electron chi connectivity index (χ4n) is 2.75. The van der Waals surface area contributed by atoms with Gasteiger partial charge in [-0.05, 0) is 48.7 Å². The smallest absolute Gasteiger partial charge is 0.244 e. The lowest BCUT2D eigenvalue weighted by Gasteiger charge is -2.37. The molecule has 0 aliphatic carbocycles. The summed E-state index contributed by atoms with van der Waals surface area (Å²) in [6.07, 6.45) is -12.6. The van der Waals surface area contributed by atoms with Gasteiger partial charge >= 0.3 is 23.9 Å². The van der Waals surface area contributed by atoms with Crippen LogP contribution in [0.3, 0.4) is 0 Å². The Kier molecular flexibility index (Phi) is 5.44. The Morgan fingerprint density at radius 3 is 1.89 bits per heavy atom. The Bertz CT molecular complexity index is 872. The van der Waals surface area contributed by atoms with E-state index in [0.717, 1.165) is 32.2 Å². The van der Waals surface area contributed by atoms with E-state index in [1.165, 1.54) is 0 Å². The fraction of sp³-hybridized carbons (Fsp3) is 0.353. The van der Waals surface area contributed by atoms with Gasteiger partial charge < -0.3 is 0 Å². The van der Waals surface area contributed by atoms with Crippen LogP contribution in [0.15, 0.2) is 24.4 Å². The molecule has 0 aliphatic rings. The van der Waals surface area contributed by atoms with Gasteiger partial charge in [0.1, 0.15) is 5.15 Å². The van der Waals surface area contributed by atoms with Crippen LogP contribution in [0.1, 0.15) is 16.7 Å². The van der Waals surface area contributed by atoms with E-state index in [9.17, 15) is 35.1 Å². The van der Waals surface area contributed by atoms with Crippen LogP contribution in [0, 0.1) is 19.9 Å². The quantitative estimate of drug-likeness (QED) is 0.385. The molecular formula is C17H10ClF9N. The molecule has 1 heterocycles. The van der Waals surface area contributed by atoms with Crippen molar-refractivity contribution in [1.29, 1.82) is 0 Å². The topological polar surface area (TPSA) is 12.9 Å². The summed E-state index contributed by atoms with van der Waals surface area (Å²) in [5.74, 6) is -6.77. The number of alkyl halides is 9. The second-order valence-corrected chi connectivity index (χ2v) is 6.35. The number of pyridine rings is 1. The molecular weight excluding hydrogens is 425 g/mol. The van der Waals surface area contributed by atoms with Crippen LogP contribution in [-0.4, -0.2) is 23.3 Å². The molecule has 0 fully saturated rings. The third-order valence-electron chi connectivity index (χ3n) is 3.96. The molecule has 0 amide bonds. The van der Waals surface area contributed by atoms with Gasteiger partial charge in [-0.3, -0.25) is 0 Å². The molecule has 1 nitrogen and oxygen atoms in total. The highest BCUT2D eigenvalue weighted by molar-refractivity contribution is 6.29. The third-order valence-corrected chi connectivity index (χ3v) is 4.18. The van der Waals surface area contributed by atoms with Crippen molar-refractivity contribution in [2.24, 2.45) is 0 Å². The minimum atomic E-state index is -6.81. The molecule has 2 rings (SSSR count). The van der Waals surface area contributed by atoms with Gasteiger partial charge in [0.25, 0.3) is 0 Å². The van der Waals surface area contributed by atoms with Gasteiger partial charge in [-0.25, -0.2) is 9.37 Å². The SMILES string of the molecule is Cc1[c]c(C)c(-c2ccc(Cl)nc2)c(C(F)(C(F)(F)F)C(F)(F)C(F)(F)F)c1. The Morgan fingerprint density at radius 2 is 1.46 bits per heavy atom. The van der Waals surface area contributed by atoms with E-state index in [-0.39, 0.29) is 27.9 Å². The number of benzene rings is 1. The van der Waals surface area contributed by atoms with Crippen molar-refractivity contribution in [2.75, 3.05) is 0 Å². The van der Waals surface area contributed by atoms with Crippen molar-refractivity contribution in [3.05, 3.63) is 52.3 Å². The molecule has 0 saturated carbocycles. The molecule has 11 heteroatoms. The molecule has 0 bridgehead atoms. The average molecular weight is 435 g/mol. The average Bonchev–Trinajstić information content (AvgIpc) is 2.52. The van der Waals surface area contributed by atoms with Crippen LogP contribution in [0.2, 0.25) is 5.15 Å². The fourth-order valence-corrected chi connectivity index (χ4v) is 2.86. The lowest BCUT2D eigenvalue weighted by Crippen LogP contribution is -2.60. The van der Waals surface area contributed by atoms with Crippen LogP contribution in [0.5, 0.6) is 0 Å². The molecule has 1 radical (unpaired) electrons. The first-order chi connectivity index (χ1) is 12.5. The van der Waals surface area contributed by atoms with Crippen molar-refractivity contribution in [1.82, 2.24) is 4.98 Å². The van der Waals surface area contributed by atoms with Crippen molar-refractivity contribution in [2.45, 2.75) is 37.8 Å². The number of aromatic nitrogens is 1. The predicted molar refractivity (Wildman–Crippen MR) is 82.8 cm³/mol. The van der Waals surface area contributed by atoms with E-state index < -0.39 is 35.1 Å². The van der Waals surface area contributed by atoms with Gasteiger partial charge in [-0.15, -0.1) is 0 Å². The molecule has 2 aromatic rings. The van der Waals surface area contributed by atoms with Gasteiger partial charge in [-0.1, -0.05) is 17.7 Å². The Morgan fingerprint density at radius 1 is 0.893 bits per heavy atom. The number of rotatable bonds is 3. The molecule has 1 atom stereocenters. The van der Waals surface area contributed by atoms with Crippen molar-refractivity contribution >= 4 is 11.6 Å². The summed E-state index contributed by atoms with van der Waals surface area (Å²) in [6.45, 7) is 2.19. The first-order valence-electron chi connectivity index (χ1n) is 7.40. The zero-order valence-corrected chi connectivity index (χ0v) is 14.8. The van der Waals surface area contributed by atoms with E-state index >= 15 is 4.39 Å². The van der Waals surface area contributed by atoms with Crippen molar-refractivity contribution in [3.63, 3.8) is 0 Å². The van der Waals surface area contributed by atoms with Crippen molar-refractivity contribution in [3.8, 4) is 11.1 Å². The maximum atomic E-state index is 15.0. The van der Waals surface area contributed by atoms with E-state index in [1.54, 1.807) is 0 Å². The highest BCUT2D eigenvalue weighted by Crippen LogP contribution is 2.60. The minimum absolute atomic E-state index is 0.123. The molecule has 0 N–H and O–H groups in total. The maximum Gasteiger partial charge on any atom is 0.457 e. The number of aryl methyl sites for hydroxylation is 2. The summed E-state index contributed by atoms with van der Waals surface area (Å²) < 4.78 is 122. The molecule has 0 saturated heterocycles. The molecule has 28 heavy (non-hydrogen) atoms. The molecule has 1 unspecified atom stereocenters. The summed E-state index contributed by atoms with van der Waals surface area (Å²) in [7, 11) is 0. The Balaban J connectivity index is 2.98. The zero-order chi connectivity index (χ0) is 21.7. The third kappa shape index (κ3) is 3.42. The number of hydrogen-bond donors (Lipinski definition) is 0. The molecule has 1 aromatic carbocycles. The van der Waals surface area contributed by atoms with Gasteiger partial charge in [-0.2, -0.15) is 35.1 Å². The van der Waals surface area contributed by atoms with E-state index in [1.807, 2.05) is 0 Å². The van der Waals surface area contributed by atoms with Crippen LogP contribution < -0.4 is 0 Å². The predicted octanol–water partition coefficient (Wildman–Crippen LogP) is 6.74.